The van der Waals surface area contributed by atoms with E-state index in [-0.39, 0.29) is 58.1 Å². The number of carbonyl (C=O) groups excluding carboxylic acids is 6. The van der Waals surface area contributed by atoms with E-state index in [9.17, 15) is 55.1 Å². The van der Waals surface area contributed by atoms with Crippen LogP contribution in [0.5, 0.6) is 0 Å². The SMILES string of the molecule is CC(C)C(=O)c1ccc(C(=O)Nc2ccc(-c3ccc(N4C(=O)c5ccc(C(c6ccc7c(c6)C(=O)NC7=O)(C(F)(F)F)C(F)(F)F)cc5C4=O)cc3C(F)(F)F)c(C(F)(F)F)c2)cc1. The Bertz CT molecular complexity index is 2870. The summed E-state index contributed by atoms with van der Waals surface area (Å²) in [5, 5.41) is 3.93. The van der Waals surface area contributed by atoms with E-state index >= 15 is 26.3 Å². The molecule has 2 heterocycles. The number of hydrogen-bond acceptors (Lipinski definition) is 6. The van der Waals surface area contributed by atoms with Crippen LogP contribution in [-0.4, -0.2) is 47.7 Å². The van der Waals surface area contributed by atoms with Crippen molar-refractivity contribution in [3.8, 4) is 11.1 Å². The number of nitrogens with one attached hydrogen (secondary N) is 2. The average Bonchev–Trinajstić information content (AvgIpc) is 3.64. The topological polar surface area (TPSA) is 130 Å². The van der Waals surface area contributed by atoms with Crippen LogP contribution in [0.1, 0.15) is 98.2 Å². The number of halogens is 12. The summed E-state index contributed by atoms with van der Waals surface area (Å²) < 4.78 is 178. The van der Waals surface area contributed by atoms with E-state index in [1.54, 1.807) is 19.2 Å². The van der Waals surface area contributed by atoms with Gasteiger partial charge in [0.1, 0.15) is 0 Å². The highest BCUT2D eigenvalue weighted by Gasteiger charge is 2.73. The molecule has 5 aromatic rings. The van der Waals surface area contributed by atoms with Crippen LogP contribution in [0.4, 0.5) is 64.1 Å². The predicted octanol–water partition coefficient (Wildman–Crippen LogP) is 10.6. The lowest BCUT2D eigenvalue weighted by Gasteiger charge is -2.38. The fourth-order valence-corrected chi connectivity index (χ4v) is 7.65. The number of carbonyl (C=O) groups is 6. The molecule has 5 amide bonds. The number of amides is 5. The summed E-state index contributed by atoms with van der Waals surface area (Å²) in [7, 11) is 0. The molecule has 2 aliphatic rings. The Morgan fingerprint density at radius 3 is 1.52 bits per heavy atom. The molecule has 5 aromatic carbocycles. The summed E-state index contributed by atoms with van der Waals surface area (Å²) in [6.45, 7) is 3.27. The predicted molar refractivity (Wildman–Crippen MR) is 204 cm³/mol. The Morgan fingerprint density at radius 1 is 0.523 bits per heavy atom. The molecule has 0 bridgehead atoms. The number of anilines is 2. The molecule has 2 aliphatic heterocycles. The molecular formula is C44H25F12N3O6. The summed E-state index contributed by atoms with van der Waals surface area (Å²) in [5.74, 6) is -7.22. The second-order valence-electron chi connectivity index (χ2n) is 15.0. The van der Waals surface area contributed by atoms with Gasteiger partial charge in [-0.2, -0.15) is 52.7 Å². The zero-order chi connectivity index (χ0) is 47.9. The minimum Gasteiger partial charge on any atom is -0.322 e. The number of benzene rings is 5. The lowest BCUT2D eigenvalue weighted by Crippen LogP contribution is -2.55. The Kier molecular flexibility index (Phi) is 10.9. The van der Waals surface area contributed by atoms with Crippen LogP contribution in [0.3, 0.4) is 0 Å². The monoisotopic (exact) mass is 919 g/mol. The number of imide groups is 2. The molecule has 336 valence electrons. The second kappa shape index (κ2) is 15.4. The smallest absolute Gasteiger partial charge is 0.322 e. The summed E-state index contributed by atoms with van der Waals surface area (Å²) in [4.78, 5) is 76.6. The van der Waals surface area contributed by atoms with Crippen LogP contribution in [0.15, 0.2) is 97.1 Å². The first kappa shape index (κ1) is 45.7. The van der Waals surface area contributed by atoms with Crippen LogP contribution in [0.2, 0.25) is 0 Å². The van der Waals surface area contributed by atoms with Crippen LogP contribution in [0.25, 0.3) is 11.1 Å². The van der Waals surface area contributed by atoms with Gasteiger partial charge in [-0.25, -0.2) is 4.90 Å². The van der Waals surface area contributed by atoms with E-state index in [0.717, 1.165) is 6.07 Å². The maximum absolute atomic E-state index is 15.0. The van der Waals surface area contributed by atoms with E-state index in [1.807, 2.05) is 0 Å². The first-order valence-corrected chi connectivity index (χ1v) is 18.6. The summed E-state index contributed by atoms with van der Waals surface area (Å²) >= 11 is 0. The van der Waals surface area contributed by atoms with Crippen molar-refractivity contribution in [2.75, 3.05) is 10.2 Å². The molecule has 9 nitrogen and oxygen atoms in total. The number of fused-ring (bicyclic) bond motifs is 2. The van der Waals surface area contributed by atoms with E-state index in [4.69, 9.17) is 0 Å². The van der Waals surface area contributed by atoms with Crippen molar-refractivity contribution in [3.05, 3.63) is 153 Å². The van der Waals surface area contributed by atoms with Gasteiger partial charge in [-0.3, -0.25) is 34.1 Å². The van der Waals surface area contributed by atoms with Crippen LogP contribution in [-0.2, 0) is 17.8 Å². The number of nitrogens with zero attached hydrogens (tertiary/aromatic N) is 1. The fraction of sp³-hybridized carbons (Fsp3) is 0.182. The molecule has 21 heteroatoms. The van der Waals surface area contributed by atoms with Gasteiger partial charge in [0.25, 0.3) is 29.5 Å². The van der Waals surface area contributed by atoms with E-state index in [1.165, 1.54) is 24.3 Å². The van der Waals surface area contributed by atoms with E-state index < -0.39 is 127 Å². The number of rotatable bonds is 8. The quantitative estimate of drug-likeness (QED) is 0.0906. The molecule has 0 spiro atoms. The lowest BCUT2D eigenvalue weighted by molar-refractivity contribution is -0.288. The molecule has 0 radical (unpaired) electrons. The van der Waals surface area contributed by atoms with Gasteiger partial charge in [-0.1, -0.05) is 50.2 Å². The summed E-state index contributed by atoms with van der Waals surface area (Å²) in [6.07, 6.45) is -23.5. The summed E-state index contributed by atoms with van der Waals surface area (Å²) in [6, 6.07) is 9.76. The molecule has 0 saturated carbocycles. The zero-order valence-electron chi connectivity index (χ0n) is 32.7. The maximum atomic E-state index is 15.0. The molecule has 0 unspecified atom stereocenters. The van der Waals surface area contributed by atoms with Gasteiger partial charge in [-0.15, -0.1) is 0 Å². The van der Waals surface area contributed by atoms with Gasteiger partial charge < -0.3 is 5.32 Å². The van der Waals surface area contributed by atoms with Crippen molar-refractivity contribution in [2.24, 2.45) is 5.92 Å². The largest absolute Gasteiger partial charge is 0.417 e. The van der Waals surface area contributed by atoms with E-state index in [0.29, 0.717) is 36.4 Å². The van der Waals surface area contributed by atoms with Crippen LogP contribution >= 0.6 is 0 Å². The van der Waals surface area contributed by atoms with Gasteiger partial charge in [0, 0.05) is 22.7 Å². The highest BCUT2D eigenvalue weighted by Crippen LogP contribution is 2.57. The fourth-order valence-electron chi connectivity index (χ4n) is 7.65. The number of alkyl halides is 12. The minimum atomic E-state index is -6.31. The Labute approximate surface area is 357 Å². The van der Waals surface area contributed by atoms with Crippen molar-refractivity contribution in [2.45, 2.75) is 44.0 Å². The molecule has 2 N–H and O–H groups in total. The maximum Gasteiger partial charge on any atom is 0.417 e. The van der Waals surface area contributed by atoms with Gasteiger partial charge in [0.2, 0.25) is 5.41 Å². The standard InChI is InChI=1S/C44H25F12N3O6/c1-19(2)34(60)20-3-5-21(6-4-20)35(61)57-24-9-13-26(32(17-24)41(45,46)47)27-14-10-25(18-33(27)42(48,49)50)59-38(64)29-12-8-23(16-31(29)39(59)65)40(43(51,52)53,44(54,55)56)22-7-11-28-30(15-22)37(63)58-36(28)62/h3-19H,1-2H3,(H,57,61)(H,58,62,63). The molecule has 0 saturated heterocycles. The molecular weight excluding hydrogens is 894 g/mol. The highest BCUT2D eigenvalue weighted by atomic mass is 19.4. The van der Waals surface area contributed by atoms with Gasteiger partial charge in [0.15, 0.2) is 5.78 Å². The lowest BCUT2D eigenvalue weighted by atomic mass is 9.71. The third-order valence-electron chi connectivity index (χ3n) is 10.7. The summed E-state index contributed by atoms with van der Waals surface area (Å²) in [5.41, 5.74) is -18.9. The van der Waals surface area contributed by atoms with Gasteiger partial charge >= 0.3 is 24.7 Å². The van der Waals surface area contributed by atoms with Crippen molar-refractivity contribution in [3.63, 3.8) is 0 Å². The van der Waals surface area contributed by atoms with Crippen molar-refractivity contribution >= 4 is 46.7 Å². The third-order valence-corrected chi connectivity index (χ3v) is 10.7. The Morgan fingerprint density at radius 2 is 0.985 bits per heavy atom. The third kappa shape index (κ3) is 7.67. The normalized spacial score (nSPS) is 14.5. The highest BCUT2D eigenvalue weighted by molar-refractivity contribution is 6.34. The molecule has 0 fully saturated rings. The second-order valence-corrected chi connectivity index (χ2v) is 15.0. The molecule has 0 atom stereocenters. The van der Waals surface area contributed by atoms with Crippen molar-refractivity contribution in [1.29, 1.82) is 0 Å². The number of hydrogen-bond donors (Lipinski definition) is 2. The Balaban J connectivity index is 1.27. The zero-order valence-corrected chi connectivity index (χ0v) is 32.7. The number of Topliss-reactive ketones (excluding diaryl/α,β-unsaturated/α-hetero) is 1. The number of ketones is 1. The first-order chi connectivity index (χ1) is 30.1. The minimum absolute atomic E-state index is 0.0176. The molecule has 0 aliphatic carbocycles. The van der Waals surface area contributed by atoms with E-state index in [2.05, 4.69) is 5.32 Å². The Hall–Kier alpha value is -7.32. The van der Waals surface area contributed by atoms with Crippen molar-refractivity contribution in [1.82, 2.24) is 5.32 Å². The van der Waals surface area contributed by atoms with Crippen LogP contribution in [0, 0.1) is 5.92 Å². The molecule has 7 rings (SSSR count). The average molecular weight is 920 g/mol. The first-order valence-electron chi connectivity index (χ1n) is 18.6. The van der Waals surface area contributed by atoms with Gasteiger partial charge in [0.05, 0.1) is 39.1 Å². The molecule has 65 heavy (non-hydrogen) atoms. The van der Waals surface area contributed by atoms with Crippen LogP contribution < -0.4 is 15.5 Å². The van der Waals surface area contributed by atoms with Crippen molar-refractivity contribution < 1.29 is 81.5 Å². The van der Waals surface area contributed by atoms with Gasteiger partial charge in [-0.05, 0) is 82.9 Å². The molecule has 0 aromatic heterocycles.